The number of carbonyl (C=O) groups is 1. The molecule has 13 heavy (non-hydrogen) atoms. The first-order valence-corrected chi connectivity index (χ1v) is 4.51. The van der Waals surface area contributed by atoms with Crippen LogP contribution in [0.4, 0.5) is 0 Å². The van der Waals surface area contributed by atoms with E-state index < -0.39 is 18.2 Å². The summed E-state index contributed by atoms with van der Waals surface area (Å²) in [5.41, 5.74) is 0. The highest BCUT2D eigenvalue weighted by Crippen LogP contribution is 2.27. The van der Waals surface area contributed by atoms with Crippen LogP contribution in [0, 0.1) is 12.3 Å². The second kappa shape index (κ2) is 4.58. The summed E-state index contributed by atoms with van der Waals surface area (Å²) in [6, 6.07) is 0. The van der Waals surface area contributed by atoms with Crippen molar-refractivity contribution in [1.29, 1.82) is 0 Å². The minimum atomic E-state index is -0.881. The maximum absolute atomic E-state index is 10.3. The smallest absolute Gasteiger partial charge is 0.303 e. The fraction of sp³-hybridized carbons (Fsp3) is 0.778. The molecule has 4 nitrogen and oxygen atoms in total. The summed E-state index contributed by atoms with van der Waals surface area (Å²) < 4.78 is 0. The number of aliphatic hydroxyl groups is 2. The standard InChI is InChI=1S/C9H15O4/c10-7-2-1-3-8(11)6(7)4-5-9(12)13/h1,6-8,10-11H,2-5H2,(H,12,13). The number of carboxylic acid groups (broad SMARTS) is 1. The highest BCUT2D eigenvalue weighted by Gasteiger charge is 2.30. The van der Waals surface area contributed by atoms with Gasteiger partial charge < -0.3 is 15.3 Å². The Kier molecular flexibility index (Phi) is 3.69. The Morgan fingerprint density at radius 1 is 1.31 bits per heavy atom. The van der Waals surface area contributed by atoms with Crippen molar-refractivity contribution >= 4 is 5.97 Å². The van der Waals surface area contributed by atoms with Gasteiger partial charge in [-0.05, 0) is 25.7 Å². The van der Waals surface area contributed by atoms with E-state index in [-0.39, 0.29) is 12.3 Å². The molecule has 1 saturated carbocycles. The summed E-state index contributed by atoms with van der Waals surface area (Å²) in [5, 5.41) is 27.4. The van der Waals surface area contributed by atoms with Crippen LogP contribution in [-0.2, 0) is 4.79 Å². The van der Waals surface area contributed by atoms with Gasteiger partial charge in [-0.3, -0.25) is 4.79 Å². The van der Waals surface area contributed by atoms with Crippen molar-refractivity contribution in [2.75, 3.05) is 0 Å². The van der Waals surface area contributed by atoms with Crippen LogP contribution in [0.3, 0.4) is 0 Å². The summed E-state index contributed by atoms with van der Waals surface area (Å²) in [6.45, 7) is 0. The molecule has 0 aromatic heterocycles. The lowest BCUT2D eigenvalue weighted by Crippen LogP contribution is -2.36. The lowest BCUT2D eigenvalue weighted by Gasteiger charge is -2.31. The molecule has 0 amide bonds. The van der Waals surface area contributed by atoms with Gasteiger partial charge in [0.15, 0.2) is 0 Å². The molecule has 1 fully saturated rings. The molecule has 1 rings (SSSR count). The Hall–Kier alpha value is -0.610. The lowest BCUT2D eigenvalue weighted by molar-refractivity contribution is -0.137. The summed E-state index contributed by atoms with van der Waals surface area (Å²) in [6.07, 6.45) is 2.16. The lowest BCUT2D eigenvalue weighted by atomic mass is 9.81. The van der Waals surface area contributed by atoms with Crippen LogP contribution >= 0.6 is 0 Å². The first-order chi connectivity index (χ1) is 6.11. The molecule has 2 unspecified atom stereocenters. The molecule has 2 atom stereocenters. The summed E-state index contributed by atoms with van der Waals surface area (Å²) >= 11 is 0. The van der Waals surface area contributed by atoms with Gasteiger partial charge >= 0.3 is 5.97 Å². The molecule has 0 spiro atoms. The quantitative estimate of drug-likeness (QED) is 0.589. The Morgan fingerprint density at radius 2 is 1.85 bits per heavy atom. The number of hydrogen-bond donors (Lipinski definition) is 3. The van der Waals surface area contributed by atoms with Crippen molar-refractivity contribution in [3.8, 4) is 0 Å². The van der Waals surface area contributed by atoms with Crippen molar-refractivity contribution in [2.45, 2.75) is 37.9 Å². The Bertz CT molecular complexity index is 170. The van der Waals surface area contributed by atoms with Crippen LogP contribution < -0.4 is 0 Å². The molecule has 75 valence electrons. The monoisotopic (exact) mass is 187 g/mol. The van der Waals surface area contributed by atoms with Gasteiger partial charge in [0, 0.05) is 12.3 Å². The van der Waals surface area contributed by atoms with Gasteiger partial charge in [-0.2, -0.15) is 0 Å². The molecule has 1 aliphatic carbocycles. The largest absolute Gasteiger partial charge is 0.481 e. The predicted octanol–water partition coefficient (Wildman–Crippen LogP) is 0.187. The summed E-state index contributed by atoms with van der Waals surface area (Å²) in [5.74, 6) is -1.16. The number of rotatable bonds is 3. The van der Waals surface area contributed by atoms with E-state index in [1.165, 1.54) is 0 Å². The van der Waals surface area contributed by atoms with E-state index in [4.69, 9.17) is 5.11 Å². The van der Waals surface area contributed by atoms with Gasteiger partial charge in [0.2, 0.25) is 0 Å². The number of hydrogen-bond acceptors (Lipinski definition) is 3. The zero-order valence-electron chi connectivity index (χ0n) is 7.39. The van der Waals surface area contributed by atoms with Gasteiger partial charge in [-0.25, -0.2) is 0 Å². The zero-order valence-corrected chi connectivity index (χ0v) is 7.39. The van der Waals surface area contributed by atoms with Crippen LogP contribution in [-0.4, -0.2) is 33.5 Å². The van der Waals surface area contributed by atoms with Crippen molar-refractivity contribution in [3.63, 3.8) is 0 Å². The second-order valence-electron chi connectivity index (χ2n) is 3.49. The van der Waals surface area contributed by atoms with Crippen LogP contribution in [0.1, 0.15) is 25.7 Å². The molecular formula is C9H15O4. The first kappa shape index (κ1) is 10.5. The molecule has 3 N–H and O–H groups in total. The van der Waals surface area contributed by atoms with Gasteiger partial charge in [-0.15, -0.1) is 0 Å². The number of carboxylic acids is 1. The fourth-order valence-electron chi connectivity index (χ4n) is 1.72. The van der Waals surface area contributed by atoms with Gasteiger partial charge in [0.05, 0.1) is 12.2 Å². The van der Waals surface area contributed by atoms with Crippen LogP contribution in [0.25, 0.3) is 0 Å². The molecule has 0 saturated heterocycles. The maximum Gasteiger partial charge on any atom is 0.303 e. The molecule has 0 aliphatic heterocycles. The summed E-state index contributed by atoms with van der Waals surface area (Å²) in [4.78, 5) is 10.3. The summed E-state index contributed by atoms with van der Waals surface area (Å²) in [7, 11) is 0. The normalized spacial score (nSPS) is 34.5. The molecule has 1 aliphatic rings. The van der Waals surface area contributed by atoms with E-state index in [0.717, 1.165) is 0 Å². The average Bonchev–Trinajstić information content (AvgIpc) is 2.03. The van der Waals surface area contributed by atoms with Gasteiger partial charge in [-0.1, -0.05) is 0 Å². The van der Waals surface area contributed by atoms with E-state index in [2.05, 4.69) is 0 Å². The molecule has 0 bridgehead atoms. The maximum atomic E-state index is 10.3. The third-order valence-corrected chi connectivity index (χ3v) is 2.50. The fourth-order valence-corrected chi connectivity index (χ4v) is 1.72. The van der Waals surface area contributed by atoms with Crippen molar-refractivity contribution < 1.29 is 20.1 Å². The van der Waals surface area contributed by atoms with Crippen molar-refractivity contribution in [2.24, 2.45) is 5.92 Å². The van der Waals surface area contributed by atoms with E-state index in [1.807, 2.05) is 6.42 Å². The molecule has 0 heterocycles. The first-order valence-electron chi connectivity index (χ1n) is 4.51. The topological polar surface area (TPSA) is 77.8 Å². The van der Waals surface area contributed by atoms with Crippen molar-refractivity contribution in [3.05, 3.63) is 6.42 Å². The van der Waals surface area contributed by atoms with E-state index in [0.29, 0.717) is 19.3 Å². The highest BCUT2D eigenvalue weighted by atomic mass is 16.4. The third-order valence-electron chi connectivity index (χ3n) is 2.50. The zero-order chi connectivity index (χ0) is 9.84. The molecular weight excluding hydrogens is 172 g/mol. The second-order valence-corrected chi connectivity index (χ2v) is 3.49. The molecule has 4 heteroatoms. The van der Waals surface area contributed by atoms with E-state index in [9.17, 15) is 15.0 Å². The van der Waals surface area contributed by atoms with Crippen LogP contribution in [0.5, 0.6) is 0 Å². The van der Waals surface area contributed by atoms with Gasteiger partial charge in [0.25, 0.3) is 0 Å². The number of aliphatic carboxylic acids is 1. The van der Waals surface area contributed by atoms with E-state index >= 15 is 0 Å². The minimum Gasteiger partial charge on any atom is -0.481 e. The average molecular weight is 187 g/mol. The number of aliphatic hydroxyl groups excluding tert-OH is 2. The van der Waals surface area contributed by atoms with Crippen molar-refractivity contribution in [1.82, 2.24) is 0 Å². The molecule has 1 radical (unpaired) electrons. The predicted molar refractivity (Wildman–Crippen MR) is 45.9 cm³/mol. The highest BCUT2D eigenvalue weighted by molar-refractivity contribution is 5.66. The van der Waals surface area contributed by atoms with E-state index in [1.54, 1.807) is 0 Å². The molecule has 0 aromatic rings. The Labute approximate surface area is 77.2 Å². The SMILES string of the molecule is O=C(O)CCC1C(O)C[CH]CC1O. The minimum absolute atomic E-state index is 0.0127. The Morgan fingerprint density at radius 3 is 2.31 bits per heavy atom. The molecule has 0 aromatic carbocycles. The third kappa shape index (κ3) is 2.97. The van der Waals surface area contributed by atoms with Gasteiger partial charge in [0.1, 0.15) is 0 Å². The Balaban J connectivity index is 2.39. The van der Waals surface area contributed by atoms with Crippen LogP contribution in [0.2, 0.25) is 0 Å². The van der Waals surface area contributed by atoms with Crippen LogP contribution in [0.15, 0.2) is 0 Å².